The third-order valence-electron chi connectivity index (χ3n) is 3.13. The lowest BCUT2D eigenvalue weighted by molar-refractivity contribution is 0.0940. The number of hydrogen-bond acceptors (Lipinski definition) is 4. The summed E-state index contributed by atoms with van der Waals surface area (Å²) in [5.41, 5.74) is 0.518. The van der Waals surface area contributed by atoms with Gasteiger partial charge in [-0.05, 0) is 32.3 Å². The minimum atomic E-state index is -0.364. The van der Waals surface area contributed by atoms with Crippen LogP contribution < -0.4 is 10.1 Å². The number of aromatic nitrogens is 1. The molecule has 0 saturated carbocycles. The van der Waals surface area contributed by atoms with Crippen LogP contribution in [0.2, 0.25) is 0 Å². The first-order valence-corrected chi connectivity index (χ1v) is 7.15. The summed E-state index contributed by atoms with van der Waals surface area (Å²) in [4.78, 5) is 16.0. The van der Waals surface area contributed by atoms with E-state index in [2.05, 4.69) is 10.3 Å². The van der Waals surface area contributed by atoms with Crippen molar-refractivity contribution >= 4 is 5.91 Å². The summed E-state index contributed by atoms with van der Waals surface area (Å²) >= 11 is 0. The molecule has 0 aromatic carbocycles. The zero-order chi connectivity index (χ0) is 15.0. The predicted molar refractivity (Wildman–Crippen MR) is 77.9 cm³/mol. The first-order chi connectivity index (χ1) is 9.56. The van der Waals surface area contributed by atoms with Gasteiger partial charge in [0.25, 0.3) is 5.91 Å². The van der Waals surface area contributed by atoms with Gasteiger partial charge in [-0.1, -0.05) is 13.8 Å². The zero-order valence-corrected chi connectivity index (χ0v) is 12.4. The van der Waals surface area contributed by atoms with Crippen molar-refractivity contribution in [2.24, 2.45) is 0 Å². The van der Waals surface area contributed by atoms with E-state index < -0.39 is 0 Å². The van der Waals surface area contributed by atoms with Gasteiger partial charge >= 0.3 is 0 Å². The Morgan fingerprint density at radius 1 is 1.45 bits per heavy atom. The third-order valence-corrected chi connectivity index (χ3v) is 3.13. The Bertz CT molecular complexity index is 423. The lowest BCUT2D eigenvalue weighted by Gasteiger charge is -2.12. The maximum atomic E-state index is 11.9. The van der Waals surface area contributed by atoms with E-state index in [0.29, 0.717) is 30.8 Å². The molecule has 0 fully saturated rings. The number of ether oxygens (including phenoxy) is 1. The Balaban J connectivity index is 2.53. The maximum Gasteiger partial charge on any atom is 0.251 e. The van der Waals surface area contributed by atoms with Crippen LogP contribution in [0.3, 0.4) is 0 Å². The second-order valence-corrected chi connectivity index (χ2v) is 4.83. The quantitative estimate of drug-likeness (QED) is 0.765. The number of hydrogen-bond donors (Lipinski definition) is 2. The van der Waals surface area contributed by atoms with Gasteiger partial charge in [-0.15, -0.1) is 0 Å². The van der Waals surface area contributed by atoms with E-state index in [9.17, 15) is 9.90 Å². The Morgan fingerprint density at radius 3 is 2.85 bits per heavy atom. The molecule has 0 aliphatic rings. The number of amides is 1. The smallest absolute Gasteiger partial charge is 0.251 e. The molecule has 0 aliphatic carbocycles. The van der Waals surface area contributed by atoms with Crippen LogP contribution in [0.25, 0.3) is 0 Å². The summed E-state index contributed by atoms with van der Waals surface area (Å²) in [5, 5.41) is 12.2. The summed E-state index contributed by atoms with van der Waals surface area (Å²) in [6.45, 7) is 6.35. The monoisotopic (exact) mass is 280 g/mol. The van der Waals surface area contributed by atoms with Crippen molar-refractivity contribution in [3.63, 3.8) is 0 Å². The summed E-state index contributed by atoms with van der Waals surface area (Å²) in [7, 11) is 0. The molecule has 2 atom stereocenters. The van der Waals surface area contributed by atoms with Gasteiger partial charge in [-0.3, -0.25) is 4.79 Å². The fourth-order valence-electron chi connectivity index (χ4n) is 1.56. The standard InChI is InChI=1S/C15H24N2O3/c1-4-11(3)20-14-10-12(6-8-16-14)15(19)17-9-7-13(18)5-2/h6,8,10-11,13,18H,4-5,7,9H2,1-3H3,(H,17,19). The van der Waals surface area contributed by atoms with Crippen LogP contribution in [0.15, 0.2) is 18.3 Å². The minimum absolute atomic E-state index is 0.0699. The van der Waals surface area contributed by atoms with E-state index in [4.69, 9.17) is 4.74 Å². The highest BCUT2D eigenvalue weighted by Gasteiger charge is 2.09. The first kappa shape index (κ1) is 16.4. The molecule has 1 heterocycles. The van der Waals surface area contributed by atoms with Crippen molar-refractivity contribution in [2.45, 2.75) is 52.2 Å². The number of nitrogens with zero attached hydrogens (tertiary/aromatic N) is 1. The average Bonchev–Trinajstić information content (AvgIpc) is 2.47. The van der Waals surface area contributed by atoms with Crippen molar-refractivity contribution in [2.75, 3.05) is 6.54 Å². The van der Waals surface area contributed by atoms with E-state index in [-0.39, 0.29) is 18.1 Å². The Kier molecular flexibility index (Phi) is 7.01. The fourth-order valence-corrected chi connectivity index (χ4v) is 1.56. The number of aliphatic hydroxyl groups is 1. The molecule has 20 heavy (non-hydrogen) atoms. The molecule has 1 rings (SSSR count). The molecule has 1 aromatic rings. The minimum Gasteiger partial charge on any atom is -0.475 e. The molecule has 2 N–H and O–H groups in total. The van der Waals surface area contributed by atoms with Crippen LogP contribution >= 0.6 is 0 Å². The molecule has 0 spiro atoms. The highest BCUT2D eigenvalue weighted by Crippen LogP contribution is 2.12. The van der Waals surface area contributed by atoms with Gasteiger partial charge in [0.2, 0.25) is 5.88 Å². The molecular weight excluding hydrogens is 256 g/mol. The van der Waals surface area contributed by atoms with E-state index in [0.717, 1.165) is 6.42 Å². The number of nitrogens with one attached hydrogen (secondary N) is 1. The van der Waals surface area contributed by atoms with Gasteiger partial charge in [0.05, 0.1) is 12.2 Å². The Hall–Kier alpha value is -1.62. The van der Waals surface area contributed by atoms with Gasteiger partial charge in [0, 0.05) is 24.4 Å². The summed E-state index contributed by atoms with van der Waals surface area (Å²) in [6, 6.07) is 3.28. The van der Waals surface area contributed by atoms with Gasteiger partial charge in [-0.2, -0.15) is 0 Å². The predicted octanol–water partition coefficient (Wildman–Crippen LogP) is 2.15. The zero-order valence-electron chi connectivity index (χ0n) is 12.4. The van der Waals surface area contributed by atoms with Crippen LogP contribution in [0, 0.1) is 0 Å². The number of rotatable bonds is 8. The summed E-state index contributed by atoms with van der Waals surface area (Å²) in [5.74, 6) is 0.283. The molecule has 0 saturated heterocycles. The van der Waals surface area contributed by atoms with Crippen LogP contribution in [0.1, 0.15) is 50.4 Å². The van der Waals surface area contributed by atoms with Crippen molar-refractivity contribution in [3.05, 3.63) is 23.9 Å². The van der Waals surface area contributed by atoms with E-state index >= 15 is 0 Å². The summed E-state index contributed by atoms with van der Waals surface area (Å²) in [6.07, 6.45) is 3.40. The normalized spacial score (nSPS) is 13.6. The molecule has 2 unspecified atom stereocenters. The average molecular weight is 280 g/mol. The van der Waals surface area contributed by atoms with Gasteiger partial charge in [0.15, 0.2) is 0 Å². The van der Waals surface area contributed by atoms with Crippen molar-refractivity contribution < 1.29 is 14.6 Å². The van der Waals surface area contributed by atoms with Gasteiger partial charge in [0.1, 0.15) is 0 Å². The highest BCUT2D eigenvalue weighted by molar-refractivity contribution is 5.94. The lowest BCUT2D eigenvalue weighted by Crippen LogP contribution is -2.27. The Labute approximate surface area is 120 Å². The SMILES string of the molecule is CCC(O)CCNC(=O)c1ccnc(OC(C)CC)c1. The fraction of sp³-hybridized carbons (Fsp3) is 0.600. The molecule has 0 bridgehead atoms. The molecule has 1 amide bonds. The van der Waals surface area contributed by atoms with E-state index in [1.54, 1.807) is 18.3 Å². The van der Waals surface area contributed by atoms with Crippen LogP contribution in [0.5, 0.6) is 5.88 Å². The van der Waals surface area contributed by atoms with Crippen LogP contribution in [-0.2, 0) is 0 Å². The van der Waals surface area contributed by atoms with E-state index in [1.807, 2.05) is 20.8 Å². The molecule has 1 aromatic heterocycles. The number of pyridine rings is 1. The first-order valence-electron chi connectivity index (χ1n) is 7.15. The van der Waals surface area contributed by atoms with Crippen LogP contribution in [0.4, 0.5) is 0 Å². The second kappa shape index (κ2) is 8.53. The molecule has 5 heteroatoms. The molecule has 112 valence electrons. The number of carbonyl (C=O) groups is 1. The van der Waals surface area contributed by atoms with Crippen molar-refractivity contribution in [3.8, 4) is 5.88 Å². The maximum absolute atomic E-state index is 11.9. The topological polar surface area (TPSA) is 71.5 Å². The van der Waals surface area contributed by atoms with E-state index in [1.165, 1.54) is 0 Å². The van der Waals surface area contributed by atoms with Gasteiger partial charge in [-0.25, -0.2) is 4.98 Å². The van der Waals surface area contributed by atoms with Crippen LogP contribution in [-0.4, -0.2) is 34.8 Å². The summed E-state index contributed by atoms with van der Waals surface area (Å²) < 4.78 is 5.58. The second-order valence-electron chi connectivity index (χ2n) is 4.83. The molecule has 0 aliphatic heterocycles. The highest BCUT2D eigenvalue weighted by atomic mass is 16.5. The Morgan fingerprint density at radius 2 is 2.20 bits per heavy atom. The lowest BCUT2D eigenvalue weighted by atomic mass is 10.2. The third kappa shape index (κ3) is 5.57. The van der Waals surface area contributed by atoms with Gasteiger partial charge < -0.3 is 15.2 Å². The molecular formula is C15H24N2O3. The van der Waals surface area contributed by atoms with Crippen molar-refractivity contribution in [1.82, 2.24) is 10.3 Å². The molecule has 5 nitrogen and oxygen atoms in total. The number of aliphatic hydroxyl groups excluding tert-OH is 1. The number of carbonyl (C=O) groups excluding carboxylic acids is 1. The molecule has 0 radical (unpaired) electrons. The van der Waals surface area contributed by atoms with Crippen molar-refractivity contribution in [1.29, 1.82) is 0 Å². The largest absolute Gasteiger partial charge is 0.475 e.